The molecule has 0 radical (unpaired) electrons. The number of hydrogen-bond acceptors (Lipinski definition) is 5. The second-order valence-electron chi connectivity index (χ2n) is 5.35. The molecular formula is C14H23N5OS. The average Bonchev–Trinajstić information content (AvgIpc) is 2.49. The molecule has 0 aromatic carbocycles. The van der Waals surface area contributed by atoms with E-state index in [4.69, 9.17) is 18.0 Å². The maximum absolute atomic E-state index is 12.4. The van der Waals surface area contributed by atoms with Crippen molar-refractivity contribution in [3.63, 3.8) is 0 Å². The van der Waals surface area contributed by atoms with E-state index >= 15 is 0 Å². The minimum atomic E-state index is -0.00445. The van der Waals surface area contributed by atoms with Crippen LogP contribution in [0.4, 0.5) is 5.82 Å². The third-order valence-corrected chi connectivity index (χ3v) is 4.27. The van der Waals surface area contributed by atoms with Gasteiger partial charge in [0.25, 0.3) is 5.56 Å². The molecule has 1 atom stereocenters. The molecule has 1 saturated heterocycles. The van der Waals surface area contributed by atoms with Crippen molar-refractivity contribution in [1.29, 1.82) is 0 Å². The van der Waals surface area contributed by atoms with E-state index in [9.17, 15) is 4.79 Å². The summed E-state index contributed by atoms with van der Waals surface area (Å²) in [4.78, 5) is 21.5. The van der Waals surface area contributed by atoms with Crippen molar-refractivity contribution in [3.05, 3.63) is 22.7 Å². The molecule has 0 saturated carbocycles. The first kappa shape index (κ1) is 15.9. The zero-order valence-electron chi connectivity index (χ0n) is 12.7. The lowest BCUT2D eigenvalue weighted by atomic mass is 10.2. The summed E-state index contributed by atoms with van der Waals surface area (Å²) >= 11 is 5.05. The third-order valence-electron chi connectivity index (χ3n) is 3.93. The molecule has 7 heteroatoms. The lowest BCUT2D eigenvalue weighted by Crippen LogP contribution is -2.53. The van der Waals surface area contributed by atoms with E-state index in [-0.39, 0.29) is 11.6 Å². The normalized spacial score (nSPS) is 17.7. The fraction of sp³-hybridized carbons (Fsp3) is 0.643. The Labute approximate surface area is 130 Å². The van der Waals surface area contributed by atoms with Crippen molar-refractivity contribution in [2.24, 2.45) is 5.73 Å². The quantitative estimate of drug-likeness (QED) is 0.797. The van der Waals surface area contributed by atoms with Gasteiger partial charge in [-0.2, -0.15) is 0 Å². The number of piperazine rings is 1. The maximum atomic E-state index is 12.4. The number of aryl methyl sites for hydroxylation is 1. The Morgan fingerprint density at radius 2 is 2.10 bits per heavy atom. The van der Waals surface area contributed by atoms with E-state index in [0.717, 1.165) is 39.1 Å². The zero-order chi connectivity index (χ0) is 15.4. The molecule has 2 heterocycles. The summed E-state index contributed by atoms with van der Waals surface area (Å²) in [5.74, 6) is 0.550. The largest absolute Gasteiger partial charge is 0.392 e. The van der Waals surface area contributed by atoms with Crippen LogP contribution < -0.4 is 16.2 Å². The van der Waals surface area contributed by atoms with Gasteiger partial charge in [0.2, 0.25) is 0 Å². The lowest BCUT2D eigenvalue weighted by Gasteiger charge is -2.37. The molecule has 1 fully saturated rings. The van der Waals surface area contributed by atoms with Crippen molar-refractivity contribution < 1.29 is 0 Å². The van der Waals surface area contributed by atoms with Gasteiger partial charge in [0, 0.05) is 45.1 Å². The molecule has 0 amide bonds. The molecule has 6 nitrogen and oxygen atoms in total. The van der Waals surface area contributed by atoms with Gasteiger partial charge < -0.3 is 15.2 Å². The Kier molecular flexibility index (Phi) is 5.30. The van der Waals surface area contributed by atoms with Gasteiger partial charge >= 0.3 is 0 Å². The first-order valence-electron chi connectivity index (χ1n) is 7.38. The van der Waals surface area contributed by atoms with Gasteiger partial charge in [0.15, 0.2) is 5.82 Å². The maximum Gasteiger partial charge on any atom is 0.293 e. The predicted molar refractivity (Wildman–Crippen MR) is 88.8 cm³/mol. The van der Waals surface area contributed by atoms with Crippen molar-refractivity contribution in [2.45, 2.75) is 32.9 Å². The summed E-state index contributed by atoms with van der Waals surface area (Å²) in [6.07, 6.45) is 4.39. The molecule has 1 aromatic heterocycles. The second-order valence-corrected chi connectivity index (χ2v) is 5.82. The van der Waals surface area contributed by atoms with Crippen LogP contribution >= 0.6 is 12.2 Å². The molecule has 0 spiro atoms. The highest BCUT2D eigenvalue weighted by atomic mass is 32.1. The summed E-state index contributed by atoms with van der Waals surface area (Å²) < 4.78 is 1.73. The Bertz CT molecular complexity index is 551. The van der Waals surface area contributed by atoms with Gasteiger partial charge in [-0.15, -0.1) is 0 Å². The summed E-state index contributed by atoms with van der Waals surface area (Å²) in [5, 5.41) is 0. The predicted octanol–water partition coefficient (Wildman–Crippen LogP) is 0.450. The van der Waals surface area contributed by atoms with Crippen molar-refractivity contribution in [1.82, 2.24) is 14.5 Å². The number of nitrogens with two attached hydrogens (primary N) is 1. The highest BCUT2D eigenvalue weighted by Crippen LogP contribution is 2.11. The number of thiocarbonyl (C=S) groups is 1. The van der Waals surface area contributed by atoms with E-state index in [2.05, 4.69) is 21.7 Å². The lowest BCUT2D eigenvalue weighted by molar-refractivity contribution is 0.238. The number of hydrogen-bond donors (Lipinski definition) is 1. The SMILES string of the molecule is CCCn1ccnc(N2CCN(C(C)C(N)=S)CC2)c1=O. The molecule has 0 aliphatic carbocycles. The molecule has 21 heavy (non-hydrogen) atoms. The van der Waals surface area contributed by atoms with Gasteiger partial charge in [-0.3, -0.25) is 9.69 Å². The first-order chi connectivity index (χ1) is 10.0. The van der Waals surface area contributed by atoms with Crippen molar-refractivity contribution in [2.75, 3.05) is 31.1 Å². The Hall–Kier alpha value is -1.47. The second kappa shape index (κ2) is 7.00. The van der Waals surface area contributed by atoms with Crippen LogP contribution in [0.2, 0.25) is 0 Å². The van der Waals surface area contributed by atoms with Crippen molar-refractivity contribution >= 4 is 23.0 Å². The molecule has 1 aromatic rings. The van der Waals surface area contributed by atoms with Gasteiger partial charge in [0.05, 0.1) is 11.0 Å². The summed E-state index contributed by atoms with van der Waals surface area (Å²) in [6, 6.07) is 0.0997. The highest BCUT2D eigenvalue weighted by molar-refractivity contribution is 7.80. The molecule has 0 bridgehead atoms. The van der Waals surface area contributed by atoms with Gasteiger partial charge in [0.1, 0.15) is 0 Å². The van der Waals surface area contributed by atoms with Crippen LogP contribution in [-0.4, -0.2) is 51.7 Å². The Morgan fingerprint density at radius 3 is 2.67 bits per heavy atom. The van der Waals surface area contributed by atoms with Crippen LogP contribution in [0.15, 0.2) is 17.2 Å². The molecule has 1 aliphatic heterocycles. The Morgan fingerprint density at radius 1 is 1.43 bits per heavy atom. The van der Waals surface area contributed by atoms with E-state index < -0.39 is 0 Å². The van der Waals surface area contributed by atoms with Gasteiger partial charge in [-0.1, -0.05) is 19.1 Å². The van der Waals surface area contributed by atoms with Crippen LogP contribution in [0.3, 0.4) is 0 Å². The molecular weight excluding hydrogens is 286 g/mol. The van der Waals surface area contributed by atoms with Crippen LogP contribution in [0.25, 0.3) is 0 Å². The molecule has 1 unspecified atom stereocenters. The minimum Gasteiger partial charge on any atom is -0.392 e. The molecule has 2 rings (SSSR count). The highest BCUT2D eigenvalue weighted by Gasteiger charge is 2.24. The topological polar surface area (TPSA) is 67.4 Å². The van der Waals surface area contributed by atoms with E-state index in [1.807, 2.05) is 6.92 Å². The fourth-order valence-electron chi connectivity index (χ4n) is 2.57. The van der Waals surface area contributed by atoms with E-state index in [1.54, 1.807) is 17.0 Å². The zero-order valence-corrected chi connectivity index (χ0v) is 13.5. The number of aromatic nitrogens is 2. The fourth-order valence-corrected chi connectivity index (χ4v) is 2.72. The van der Waals surface area contributed by atoms with Crippen molar-refractivity contribution in [3.8, 4) is 0 Å². The number of rotatable bonds is 5. The smallest absolute Gasteiger partial charge is 0.293 e. The van der Waals surface area contributed by atoms with Crippen LogP contribution in [-0.2, 0) is 6.54 Å². The van der Waals surface area contributed by atoms with Gasteiger partial charge in [-0.25, -0.2) is 4.98 Å². The molecule has 116 valence electrons. The number of nitrogens with zero attached hydrogens (tertiary/aromatic N) is 4. The average molecular weight is 309 g/mol. The molecule has 2 N–H and O–H groups in total. The summed E-state index contributed by atoms with van der Waals surface area (Å²) in [6.45, 7) is 8.02. The Balaban J connectivity index is 2.07. The number of anilines is 1. The first-order valence-corrected chi connectivity index (χ1v) is 7.79. The van der Waals surface area contributed by atoms with Crippen LogP contribution in [0.5, 0.6) is 0 Å². The van der Waals surface area contributed by atoms with Crippen LogP contribution in [0.1, 0.15) is 20.3 Å². The van der Waals surface area contributed by atoms with Crippen LogP contribution in [0, 0.1) is 0 Å². The monoisotopic (exact) mass is 309 g/mol. The van der Waals surface area contributed by atoms with Gasteiger partial charge in [-0.05, 0) is 13.3 Å². The van der Waals surface area contributed by atoms with E-state index in [1.165, 1.54) is 0 Å². The van der Waals surface area contributed by atoms with E-state index in [0.29, 0.717) is 10.8 Å². The standard InChI is InChI=1S/C14H23N5OS/c1-3-5-19-6-4-16-13(14(19)20)18-9-7-17(8-10-18)11(2)12(15)21/h4,6,11H,3,5,7-10H2,1-2H3,(H2,15,21). The third kappa shape index (κ3) is 3.59. The summed E-state index contributed by atoms with van der Waals surface area (Å²) in [7, 11) is 0. The minimum absolute atomic E-state index is 0.00445. The summed E-state index contributed by atoms with van der Waals surface area (Å²) in [5.41, 5.74) is 5.70. The molecule has 1 aliphatic rings.